The zero-order valence-electron chi connectivity index (χ0n) is 10.7. The van der Waals surface area contributed by atoms with Gasteiger partial charge in [0.05, 0.1) is 12.1 Å². The first kappa shape index (κ1) is 12.8. The van der Waals surface area contributed by atoms with Crippen molar-refractivity contribution in [2.75, 3.05) is 0 Å². The third-order valence-electron chi connectivity index (χ3n) is 3.01. The monoisotopic (exact) mass is 216 g/mol. The Morgan fingerprint density at radius 1 is 1.06 bits per heavy atom. The van der Waals surface area contributed by atoms with Crippen LogP contribution in [0.2, 0.25) is 0 Å². The van der Waals surface area contributed by atoms with Crippen LogP contribution in [0.15, 0.2) is 24.3 Å². The van der Waals surface area contributed by atoms with Gasteiger partial charge in [-0.2, -0.15) is 0 Å². The van der Waals surface area contributed by atoms with Gasteiger partial charge in [0.25, 0.3) is 0 Å². The standard InChI is InChI=1S/C15H21N/c1-6-14-7-9-15(10-8-14)11-16(12(2)3)13(4)5/h1,7-10,12-13H,11H2,2-5H3/p+1. The first-order valence-corrected chi connectivity index (χ1v) is 5.95. The molecule has 16 heavy (non-hydrogen) atoms. The Morgan fingerprint density at radius 3 is 1.94 bits per heavy atom. The zero-order chi connectivity index (χ0) is 12.1. The lowest BCUT2D eigenvalue weighted by molar-refractivity contribution is -0.955. The molecule has 0 amide bonds. The summed E-state index contributed by atoms with van der Waals surface area (Å²) in [7, 11) is 0. The molecule has 0 aliphatic rings. The molecule has 1 rings (SSSR count). The van der Waals surface area contributed by atoms with Crippen molar-refractivity contribution < 1.29 is 4.90 Å². The van der Waals surface area contributed by atoms with Crippen molar-refractivity contribution in [3.8, 4) is 12.3 Å². The van der Waals surface area contributed by atoms with Crippen molar-refractivity contribution in [3.63, 3.8) is 0 Å². The van der Waals surface area contributed by atoms with Gasteiger partial charge in [-0.1, -0.05) is 18.1 Å². The summed E-state index contributed by atoms with van der Waals surface area (Å²) in [4.78, 5) is 1.61. The molecule has 0 unspecified atom stereocenters. The smallest absolute Gasteiger partial charge is 0.103 e. The van der Waals surface area contributed by atoms with Crippen LogP contribution in [0.1, 0.15) is 38.8 Å². The molecule has 0 atom stereocenters. The maximum Gasteiger partial charge on any atom is 0.103 e. The molecule has 1 nitrogen and oxygen atoms in total. The molecule has 0 radical (unpaired) electrons. The number of nitrogens with one attached hydrogen (secondary N) is 1. The van der Waals surface area contributed by atoms with Crippen LogP contribution in [0.4, 0.5) is 0 Å². The summed E-state index contributed by atoms with van der Waals surface area (Å²) in [6.45, 7) is 10.1. The van der Waals surface area contributed by atoms with Crippen molar-refractivity contribution in [1.82, 2.24) is 0 Å². The minimum atomic E-state index is 0.646. The molecule has 0 aromatic heterocycles. The molecule has 0 spiro atoms. The molecular weight excluding hydrogens is 194 g/mol. The van der Waals surface area contributed by atoms with E-state index in [0.29, 0.717) is 12.1 Å². The number of quaternary nitrogens is 1. The lowest BCUT2D eigenvalue weighted by Crippen LogP contribution is -3.16. The van der Waals surface area contributed by atoms with Gasteiger partial charge in [0, 0.05) is 11.1 Å². The third-order valence-corrected chi connectivity index (χ3v) is 3.01. The van der Waals surface area contributed by atoms with E-state index >= 15 is 0 Å². The maximum atomic E-state index is 5.34. The summed E-state index contributed by atoms with van der Waals surface area (Å²) in [5.41, 5.74) is 2.32. The maximum absolute atomic E-state index is 5.34. The molecule has 0 saturated carbocycles. The van der Waals surface area contributed by atoms with Crippen LogP contribution in [0.3, 0.4) is 0 Å². The summed E-state index contributed by atoms with van der Waals surface area (Å²) < 4.78 is 0. The number of rotatable bonds is 4. The number of hydrogen-bond acceptors (Lipinski definition) is 0. The fourth-order valence-electron chi connectivity index (χ4n) is 2.03. The molecule has 0 aliphatic carbocycles. The van der Waals surface area contributed by atoms with Crippen LogP contribution < -0.4 is 4.90 Å². The second kappa shape index (κ2) is 5.72. The van der Waals surface area contributed by atoms with Crippen molar-refractivity contribution in [2.45, 2.75) is 46.3 Å². The minimum Gasteiger partial charge on any atom is -0.327 e. The van der Waals surface area contributed by atoms with Crippen LogP contribution in [-0.2, 0) is 6.54 Å². The molecule has 1 N–H and O–H groups in total. The molecule has 1 aromatic rings. The molecule has 0 aliphatic heterocycles. The molecular formula is C15H22N+. The quantitative estimate of drug-likeness (QED) is 0.733. The van der Waals surface area contributed by atoms with Crippen molar-refractivity contribution in [3.05, 3.63) is 35.4 Å². The number of benzene rings is 1. The van der Waals surface area contributed by atoms with Gasteiger partial charge in [0.2, 0.25) is 0 Å². The van der Waals surface area contributed by atoms with Gasteiger partial charge in [0.1, 0.15) is 6.54 Å². The highest BCUT2D eigenvalue weighted by molar-refractivity contribution is 5.33. The predicted octanol–water partition coefficient (Wildman–Crippen LogP) is 1.87. The van der Waals surface area contributed by atoms with Crippen LogP contribution in [0.5, 0.6) is 0 Å². The van der Waals surface area contributed by atoms with Crippen LogP contribution in [-0.4, -0.2) is 12.1 Å². The fourth-order valence-corrected chi connectivity index (χ4v) is 2.03. The molecule has 1 heteroatoms. The van der Waals surface area contributed by atoms with Crippen LogP contribution in [0.25, 0.3) is 0 Å². The van der Waals surface area contributed by atoms with E-state index in [1.165, 1.54) is 5.56 Å². The Labute approximate surface area is 99.5 Å². The molecule has 1 aromatic carbocycles. The SMILES string of the molecule is C#Cc1ccc(C[NH+](C(C)C)C(C)C)cc1. The third kappa shape index (κ3) is 3.40. The Kier molecular flexibility index (Phi) is 4.58. The van der Waals surface area contributed by atoms with E-state index in [1.807, 2.05) is 12.1 Å². The van der Waals surface area contributed by atoms with Gasteiger partial charge in [-0.15, -0.1) is 6.42 Å². The largest absolute Gasteiger partial charge is 0.327 e. The van der Waals surface area contributed by atoms with E-state index in [1.54, 1.807) is 4.90 Å². The Bertz CT molecular complexity index is 346. The van der Waals surface area contributed by atoms with E-state index < -0.39 is 0 Å². The van der Waals surface area contributed by atoms with Gasteiger partial charge in [-0.05, 0) is 39.8 Å². The first-order valence-electron chi connectivity index (χ1n) is 5.95. The molecule has 0 bridgehead atoms. The average Bonchev–Trinajstić information content (AvgIpc) is 2.25. The molecule has 0 saturated heterocycles. The van der Waals surface area contributed by atoms with Crippen LogP contribution >= 0.6 is 0 Å². The van der Waals surface area contributed by atoms with Crippen LogP contribution in [0, 0.1) is 12.3 Å². The van der Waals surface area contributed by atoms with Crippen molar-refractivity contribution in [2.24, 2.45) is 0 Å². The minimum absolute atomic E-state index is 0.646. The highest BCUT2D eigenvalue weighted by Crippen LogP contribution is 2.02. The van der Waals surface area contributed by atoms with E-state index in [4.69, 9.17) is 6.42 Å². The first-order chi connectivity index (χ1) is 7.54. The van der Waals surface area contributed by atoms with E-state index in [2.05, 4.69) is 45.7 Å². The Balaban J connectivity index is 2.75. The lowest BCUT2D eigenvalue weighted by atomic mass is 10.1. The number of hydrogen-bond donors (Lipinski definition) is 1. The summed E-state index contributed by atoms with van der Waals surface area (Å²) in [5, 5.41) is 0. The molecule has 0 fully saturated rings. The van der Waals surface area contributed by atoms with E-state index in [0.717, 1.165) is 12.1 Å². The van der Waals surface area contributed by atoms with Gasteiger partial charge in [0.15, 0.2) is 0 Å². The summed E-state index contributed by atoms with van der Waals surface area (Å²) in [5.74, 6) is 2.65. The van der Waals surface area contributed by atoms with Gasteiger partial charge in [-0.3, -0.25) is 0 Å². The fraction of sp³-hybridized carbons (Fsp3) is 0.467. The van der Waals surface area contributed by atoms with Crippen molar-refractivity contribution in [1.29, 1.82) is 0 Å². The highest BCUT2D eigenvalue weighted by atomic mass is 15.2. The van der Waals surface area contributed by atoms with E-state index in [9.17, 15) is 0 Å². The zero-order valence-corrected chi connectivity index (χ0v) is 10.7. The van der Waals surface area contributed by atoms with Gasteiger partial charge >= 0.3 is 0 Å². The summed E-state index contributed by atoms with van der Waals surface area (Å²) >= 11 is 0. The predicted molar refractivity (Wildman–Crippen MR) is 69.3 cm³/mol. The number of terminal acetylenes is 1. The van der Waals surface area contributed by atoms with E-state index in [-0.39, 0.29) is 0 Å². The summed E-state index contributed by atoms with van der Waals surface area (Å²) in [6.07, 6.45) is 5.34. The lowest BCUT2D eigenvalue weighted by Gasteiger charge is -2.27. The van der Waals surface area contributed by atoms with Crippen molar-refractivity contribution >= 4 is 0 Å². The Hall–Kier alpha value is -1.26. The molecule has 86 valence electrons. The summed E-state index contributed by atoms with van der Waals surface area (Å²) in [6, 6.07) is 9.61. The Morgan fingerprint density at radius 2 is 1.56 bits per heavy atom. The van der Waals surface area contributed by atoms with Gasteiger partial charge in [-0.25, -0.2) is 0 Å². The average molecular weight is 216 g/mol. The topological polar surface area (TPSA) is 4.44 Å². The highest BCUT2D eigenvalue weighted by Gasteiger charge is 2.17. The second-order valence-electron chi connectivity index (χ2n) is 4.90. The van der Waals surface area contributed by atoms with Gasteiger partial charge < -0.3 is 4.90 Å². The molecule has 0 heterocycles. The normalized spacial score (nSPS) is 11.1. The second-order valence-corrected chi connectivity index (χ2v) is 4.90.